The third-order valence-corrected chi connectivity index (χ3v) is 14.4. The fourth-order valence-electron chi connectivity index (χ4n) is 10.0. The SMILES string of the molecule is CCCCCCCCCCCCCOC(=O)CC(C(=O)OC1CCC(C)(C)N(O)C1(C)C)C(CC(=O)OC1CCC(C)(C)N(O)C1(C)C)C(=O)OC1CCC(C)(C)N(O)C1(C)C. The van der Waals surface area contributed by atoms with E-state index in [0.717, 1.165) is 19.3 Å². The van der Waals surface area contributed by atoms with Crippen LogP contribution in [0.4, 0.5) is 0 Å². The summed E-state index contributed by atoms with van der Waals surface area (Å²) in [4.78, 5) is 57.0. The second-order valence-electron chi connectivity index (χ2n) is 22.2. The average molecular weight is 882 g/mol. The number of esters is 4. The number of unbranched alkanes of at least 4 members (excludes halogenated alkanes) is 10. The fraction of sp³-hybridized carbons (Fsp3) is 0.917. The second-order valence-corrected chi connectivity index (χ2v) is 22.2. The zero-order valence-corrected chi connectivity index (χ0v) is 41.0. The van der Waals surface area contributed by atoms with Crippen molar-refractivity contribution in [3.63, 3.8) is 0 Å². The summed E-state index contributed by atoms with van der Waals surface area (Å²) < 4.78 is 24.0. The summed E-state index contributed by atoms with van der Waals surface area (Å²) in [7, 11) is 0. The highest BCUT2D eigenvalue weighted by atomic mass is 16.6. The van der Waals surface area contributed by atoms with Crippen molar-refractivity contribution in [2.24, 2.45) is 11.8 Å². The van der Waals surface area contributed by atoms with E-state index in [1.165, 1.54) is 60.1 Å². The van der Waals surface area contributed by atoms with Crippen LogP contribution in [-0.2, 0) is 38.1 Å². The lowest BCUT2D eigenvalue weighted by atomic mass is 9.79. The van der Waals surface area contributed by atoms with Gasteiger partial charge >= 0.3 is 23.9 Å². The van der Waals surface area contributed by atoms with E-state index < -0.39 is 100 Å². The van der Waals surface area contributed by atoms with Gasteiger partial charge in [0.1, 0.15) is 18.3 Å². The van der Waals surface area contributed by atoms with Gasteiger partial charge in [0.2, 0.25) is 0 Å². The molecule has 0 saturated carbocycles. The Morgan fingerprint density at radius 2 is 0.790 bits per heavy atom. The van der Waals surface area contributed by atoms with E-state index in [2.05, 4.69) is 6.92 Å². The number of hydroxylamine groups is 6. The molecule has 3 N–H and O–H groups in total. The predicted molar refractivity (Wildman–Crippen MR) is 236 cm³/mol. The van der Waals surface area contributed by atoms with E-state index in [-0.39, 0.29) is 6.61 Å². The summed E-state index contributed by atoms with van der Waals surface area (Å²) in [5.74, 6) is -6.38. The van der Waals surface area contributed by atoms with Crippen LogP contribution in [0.2, 0.25) is 0 Å². The molecule has 5 unspecified atom stereocenters. The molecule has 0 spiro atoms. The highest BCUT2D eigenvalue weighted by molar-refractivity contribution is 5.89. The van der Waals surface area contributed by atoms with Crippen molar-refractivity contribution < 1.29 is 53.7 Å². The van der Waals surface area contributed by atoms with E-state index in [1.54, 1.807) is 41.5 Å². The Kier molecular flexibility index (Phi) is 19.3. The Balaban J connectivity index is 1.88. The minimum atomic E-state index is -1.54. The van der Waals surface area contributed by atoms with Crippen LogP contribution in [0.3, 0.4) is 0 Å². The molecular weight excluding hydrogens is 795 g/mol. The molecule has 14 nitrogen and oxygen atoms in total. The van der Waals surface area contributed by atoms with E-state index >= 15 is 0 Å². The Morgan fingerprint density at radius 3 is 1.15 bits per heavy atom. The molecule has 0 aromatic rings. The zero-order valence-electron chi connectivity index (χ0n) is 41.0. The molecular formula is C48H87N3O11. The molecule has 0 amide bonds. The van der Waals surface area contributed by atoms with Gasteiger partial charge in [-0.25, -0.2) is 0 Å². The summed E-state index contributed by atoms with van der Waals surface area (Å²) >= 11 is 0. The van der Waals surface area contributed by atoms with Gasteiger partial charge < -0.3 is 34.6 Å². The molecule has 0 bridgehead atoms. The summed E-state index contributed by atoms with van der Waals surface area (Å²) in [6, 6.07) is 0. The molecule has 0 radical (unpaired) electrons. The molecule has 62 heavy (non-hydrogen) atoms. The highest BCUT2D eigenvalue weighted by Gasteiger charge is 2.54. The van der Waals surface area contributed by atoms with Gasteiger partial charge in [-0.05, 0) is 128 Å². The van der Waals surface area contributed by atoms with Gasteiger partial charge in [-0.15, -0.1) is 0 Å². The molecule has 0 aromatic heterocycles. The first-order valence-electron chi connectivity index (χ1n) is 23.9. The van der Waals surface area contributed by atoms with Gasteiger partial charge in [0.05, 0.1) is 47.9 Å². The molecule has 5 atom stereocenters. The highest BCUT2D eigenvalue weighted by Crippen LogP contribution is 2.42. The number of ether oxygens (including phenoxy) is 4. The van der Waals surface area contributed by atoms with Crippen LogP contribution in [0.1, 0.15) is 212 Å². The smallest absolute Gasteiger partial charge is 0.310 e. The van der Waals surface area contributed by atoms with Crippen LogP contribution in [-0.4, -0.2) is 113 Å². The fourth-order valence-corrected chi connectivity index (χ4v) is 10.0. The Labute approximate surface area is 373 Å². The number of carbonyl (C=O) groups is 4. The molecule has 360 valence electrons. The maximum absolute atomic E-state index is 14.6. The summed E-state index contributed by atoms with van der Waals surface area (Å²) in [5.41, 5.74) is -4.84. The van der Waals surface area contributed by atoms with Gasteiger partial charge in [-0.1, -0.05) is 71.1 Å². The summed E-state index contributed by atoms with van der Waals surface area (Å²) in [6.07, 6.45) is 11.6. The van der Waals surface area contributed by atoms with Gasteiger partial charge in [-0.3, -0.25) is 19.2 Å². The van der Waals surface area contributed by atoms with E-state index in [0.29, 0.717) is 44.9 Å². The maximum Gasteiger partial charge on any atom is 0.310 e. The Morgan fingerprint density at radius 1 is 0.484 bits per heavy atom. The lowest BCUT2D eigenvalue weighted by Gasteiger charge is -2.52. The Hall–Kier alpha value is -2.36. The molecule has 14 heteroatoms. The van der Waals surface area contributed by atoms with Crippen molar-refractivity contribution in [1.29, 1.82) is 0 Å². The number of hydrogen-bond acceptors (Lipinski definition) is 14. The van der Waals surface area contributed by atoms with Gasteiger partial charge in [-0.2, -0.15) is 15.2 Å². The first-order chi connectivity index (χ1) is 28.6. The number of hydrogen-bond donors (Lipinski definition) is 3. The van der Waals surface area contributed by atoms with Crippen molar-refractivity contribution in [1.82, 2.24) is 15.2 Å². The number of piperidine rings is 3. The lowest BCUT2D eigenvalue weighted by molar-refractivity contribution is -0.276. The minimum Gasteiger partial charge on any atom is -0.466 e. The van der Waals surface area contributed by atoms with Crippen molar-refractivity contribution in [2.45, 2.75) is 264 Å². The van der Waals surface area contributed by atoms with Crippen LogP contribution in [0.15, 0.2) is 0 Å². The Bertz CT molecular complexity index is 1480. The van der Waals surface area contributed by atoms with Crippen molar-refractivity contribution in [3.05, 3.63) is 0 Å². The topological polar surface area (TPSA) is 176 Å². The molecule has 3 rings (SSSR count). The van der Waals surface area contributed by atoms with Crippen molar-refractivity contribution in [2.75, 3.05) is 6.61 Å². The predicted octanol–water partition coefficient (Wildman–Crippen LogP) is 9.72. The number of carbonyl (C=O) groups excluding carboxylic acids is 4. The largest absolute Gasteiger partial charge is 0.466 e. The van der Waals surface area contributed by atoms with Crippen LogP contribution in [0, 0.1) is 11.8 Å². The average Bonchev–Trinajstić information content (AvgIpc) is 3.18. The monoisotopic (exact) mass is 882 g/mol. The van der Waals surface area contributed by atoms with E-state index in [4.69, 9.17) is 18.9 Å². The molecule has 0 aliphatic carbocycles. The molecule has 3 heterocycles. The third kappa shape index (κ3) is 13.8. The van der Waals surface area contributed by atoms with Crippen LogP contribution in [0.25, 0.3) is 0 Å². The first kappa shape index (κ1) is 54.0. The van der Waals surface area contributed by atoms with E-state index in [1.807, 2.05) is 41.5 Å². The standard InChI is InChI=1S/C48H87N3O11/c1-14-15-16-17-18-19-20-21-22-23-24-31-59-39(52)32-34(41(54)61-37-26-29-44(4,5)50(57)47(37,10)11)35(42(55)62-38-27-30-45(6,7)51(58)48(38,12)13)33-40(53)60-36-25-28-43(2,3)49(56)46(36,8)9/h34-38,56-58H,14-33H2,1-13H3. The summed E-state index contributed by atoms with van der Waals surface area (Å²) in [6.45, 7) is 24.3. The van der Waals surface area contributed by atoms with Gasteiger partial charge in [0, 0.05) is 16.6 Å². The normalized spacial score (nSPS) is 26.5. The summed E-state index contributed by atoms with van der Waals surface area (Å²) in [5, 5.41) is 37.1. The quantitative estimate of drug-likeness (QED) is 0.0532. The minimum absolute atomic E-state index is 0.141. The lowest BCUT2D eigenvalue weighted by Crippen LogP contribution is -2.64. The van der Waals surface area contributed by atoms with Crippen molar-refractivity contribution >= 4 is 23.9 Å². The second kappa shape index (κ2) is 22.2. The number of nitrogens with zero attached hydrogens (tertiary/aromatic N) is 3. The van der Waals surface area contributed by atoms with Gasteiger partial charge in [0.15, 0.2) is 0 Å². The van der Waals surface area contributed by atoms with Crippen LogP contribution >= 0.6 is 0 Å². The third-order valence-electron chi connectivity index (χ3n) is 14.4. The van der Waals surface area contributed by atoms with Gasteiger partial charge in [0.25, 0.3) is 0 Å². The molecule has 3 aliphatic rings. The molecule has 0 aromatic carbocycles. The molecule has 3 fully saturated rings. The van der Waals surface area contributed by atoms with Crippen LogP contribution < -0.4 is 0 Å². The van der Waals surface area contributed by atoms with Crippen LogP contribution in [0.5, 0.6) is 0 Å². The zero-order chi connectivity index (χ0) is 46.9. The first-order valence-corrected chi connectivity index (χ1v) is 23.9. The van der Waals surface area contributed by atoms with E-state index in [9.17, 15) is 34.8 Å². The maximum atomic E-state index is 14.6. The number of rotatable bonds is 22. The molecule has 3 saturated heterocycles. The molecule has 3 aliphatic heterocycles. The van der Waals surface area contributed by atoms with Crippen molar-refractivity contribution in [3.8, 4) is 0 Å².